The number of hydrogen-bond acceptors (Lipinski definition) is 3. The Morgan fingerprint density at radius 1 is 1.16 bits per heavy atom. The van der Waals surface area contributed by atoms with Crippen molar-refractivity contribution in [1.29, 1.82) is 0 Å². The summed E-state index contributed by atoms with van der Waals surface area (Å²) in [6, 6.07) is 6.46. The molecule has 1 aliphatic rings. The molecule has 0 radical (unpaired) electrons. The van der Waals surface area contributed by atoms with E-state index in [0.717, 1.165) is 12.8 Å². The number of nitrogens with one attached hydrogen (secondary N) is 1. The Labute approximate surface area is 115 Å². The highest BCUT2D eigenvalue weighted by Crippen LogP contribution is 2.29. The van der Waals surface area contributed by atoms with Gasteiger partial charge in [-0.2, -0.15) is 0 Å². The minimum absolute atomic E-state index is 0.0326. The first-order chi connectivity index (χ1) is 8.87. The number of anilines is 1. The molecule has 19 heavy (non-hydrogen) atoms. The Balaban J connectivity index is 2.13. The van der Waals surface area contributed by atoms with E-state index in [4.69, 9.17) is 5.73 Å². The van der Waals surface area contributed by atoms with Gasteiger partial charge in [-0.15, -0.1) is 0 Å². The molecule has 2 rings (SSSR count). The Kier molecular flexibility index (Phi) is 4.16. The molecular formula is C14H22N2O2S. The van der Waals surface area contributed by atoms with Crippen LogP contribution in [-0.2, 0) is 10.0 Å². The molecule has 1 fully saturated rings. The summed E-state index contributed by atoms with van der Waals surface area (Å²) in [6.07, 6.45) is 2.99. The molecular weight excluding hydrogens is 260 g/mol. The number of nitrogen functional groups attached to an aromatic ring is 1. The molecule has 5 heteroatoms. The summed E-state index contributed by atoms with van der Waals surface area (Å²) in [5.74, 6) is 1.13. The molecule has 3 N–H and O–H groups in total. The first-order valence-corrected chi connectivity index (χ1v) is 8.23. The summed E-state index contributed by atoms with van der Waals surface area (Å²) in [7, 11) is -3.46. The largest absolute Gasteiger partial charge is 0.399 e. The fourth-order valence-corrected chi connectivity index (χ4v) is 4.33. The van der Waals surface area contributed by atoms with Crippen LogP contribution >= 0.6 is 0 Å². The highest BCUT2D eigenvalue weighted by molar-refractivity contribution is 7.89. The molecule has 1 aromatic carbocycles. The van der Waals surface area contributed by atoms with Gasteiger partial charge in [0.05, 0.1) is 4.90 Å². The van der Waals surface area contributed by atoms with E-state index in [0.29, 0.717) is 17.5 Å². The Morgan fingerprint density at radius 2 is 1.79 bits per heavy atom. The first kappa shape index (κ1) is 14.3. The zero-order valence-electron chi connectivity index (χ0n) is 11.5. The monoisotopic (exact) mass is 282 g/mol. The molecule has 0 aliphatic heterocycles. The maximum absolute atomic E-state index is 12.3. The van der Waals surface area contributed by atoms with Crippen molar-refractivity contribution in [3.05, 3.63) is 24.3 Å². The molecule has 2 unspecified atom stereocenters. The van der Waals surface area contributed by atoms with Crippen molar-refractivity contribution in [3.8, 4) is 0 Å². The third kappa shape index (κ3) is 3.70. The second-order valence-electron chi connectivity index (χ2n) is 5.81. The smallest absolute Gasteiger partial charge is 0.240 e. The van der Waals surface area contributed by atoms with Gasteiger partial charge in [-0.1, -0.05) is 19.9 Å². The number of nitrogens with two attached hydrogens (primary N) is 1. The average Bonchev–Trinajstić information content (AvgIpc) is 2.26. The summed E-state index contributed by atoms with van der Waals surface area (Å²) in [5.41, 5.74) is 6.11. The van der Waals surface area contributed by atoms with Gasteiger partial charge in [0.1, 0.15) is 0 Å². The lowest BCUT2D eigenvalue weighted by Gasteiger charge is -2.31. The SMILES string of the molecule is CC1CC(C)CC(NS(=O)(=O)c2cccc(N)c2)C1. The van der Waals surface area contributed by atoms with Gasteiger partial charge in [0, 0.05) is 11.7 Å². The van der Waals surface area contributed by atoms with Crippen LogP contribution in [0.5, 0.6) is 0 Å². The molecule has 1 aromatic rings. The van der Waals surface area contributed by atoms with Crippen LogP contribution in [0.2, 0.25) is 0 Å². The van der Waals surface area contributed by atoms with E-state index in [9.17, 15) is 8.42 Å². The van der Waals surface area contributed by atoms with E-state index >= 15 is 0 Å². The van der Waals surface area contributed by atoms with Gasteiger partial charge >= 0.3 is 0 Å². The van der Waals surface area contributed by atoms with Crippen LogP contribution in [0, 0.1) is 11.8 Å². The van der Waals surface area contributed by atoms with Crippen molar-refractivity contribution in [3.63, 3.8) is 0 Å². The van der Waals surface area contributed by atoms with Crippen molar-refractivity contribution >= 4 is 15.7 Å². The van der Waals surface area contributed by atoms with Crippen LogP contribution in [0.3, 0.4) is 0 Å². The fourth-order valence-electron chi connectivity index (χ4n) is 3.01. The molecule has 0 bridgehead atoms. The summed E-state index contributed by atoms with van der Waals surface area (Å²) in [4.78, 5) is 0.248. The Hall–Kier alpha value is -1.07. The lowest BCUT2D eigenvalue weighted by molar-refractivity contribution is 0.257. The topological polar surface area (TPSA) is 72.2 Å². The maximum Gasteiger partial charge on any atom is 0.240 e. The van der Waals surface area contributed by atoms with E-state index < -0.39 is 10.0 Å². The molecule has 0 saturated heterocycles. The highest BCUT2D eigenvalue weighted by Gasteiger charge is 2.27. The summed E-state index contributed by atoms with van der Waals surface area (Å²) >= 11 is 0. The molecule has 1 aliphatic carbocycles. The molecule has 2 atom stereocenters. The number of rotatable bonds is 3. The summed E-state index contributed by atoms with van der Waals surface area (Å²) in [5, 5.41) is 0. The van der Waals surface area contributed by atoms with E-state index in [1.165, 1.54) is 12.5 Å². The van der Waals surface area contributed by atoms with Crippen LogP contribution in [0.1, 0.15) is 33.1 Å². The van der Waals surface area contributed by atoms with E-state index in [1.807, 2.05) is 0 Å². The van der Waals surface area contributed by atoms with Gasteiger partial charge in [0.2, 0.25) is 10.0 Å². The van der Waals surface area contributed by atoms with Crippen molar-refractivity contribution in [2.45, 2.75) is 44.0 Å². The van der Waals surface area contributed by atoms with E-state index in [-0.39, 0.29) is 10.9 Å². The molecule has 1 saturated carbocycles. The zero-order chi connectivity index (χ0) is 14.0. The molecule has 4 nitrogen and oxygen atoms in total. The van der Waals surface area contributed by atoms with Crippen LogP contribution in [0.25, 0.3) is 0 Å². The van der Waals surface area contributed by atoms with Crippen LogP contribution in [0.4, 0.5) is 5.69 Å². The number of hydrogen-bond donors (Lipinski definition) is 2. The average molecular weight is 282 g/mol. The van der Waals surface area contributed by atoms with Gasteiger partial charge in [0.25, 0.3) is 0 Å². The normalized spacial score (nSPS) is 28.2. The molecule has 0 spiro atoms. The lowest BCUT2D eigenvalue weighted by Crippen LogP contribution is -2.39. The van der Waals surface area contributed by atoms with Crippen LogP contribution in [0.15, 0.2) is 29.2 Å². The predicted molar refractivity (Wildman–Crippen MR) is 77.1 cm³/mol. The highest BCUT2D eigenvalue weighted by atomic mass is 32.2. The Bertz CT molecular complexity index is 532. The van der Waals surface area contributed by atoms with Gasteiger partial charge in [-0.25, -0.2) is 13.1 Å². The third-order valence-corrected chi connectivity index (χ3v) is 5.19. The minimum Gasteiger partial charge on any atom is -0.399 e. The lowest BCUT2D eigenvalue weighted by atomic mass is 9.81. The standard InChI is InChI=1S/C14H22N2O2S/c1-10-6-11(2)8-13(7-10)16-19(17,18)14-5-3-4-12(15)9-14/h3-5,9-11,13,16H,6-8,15H2,1-2H3. The van der Waals surface area contributed by atoms with Crippen LogP contribution < -0.4 is 10.5 Å². The van der Waals surface area contributed by atoms with Gasteiger partial charge in [0.15, 0.2) is 0 Å². The number of sulfonamides is 1. The fraction of sp³-hybridized carbons (Fsp3) is 0.571. The van der Waals surface area contributed by atoms with Gasteiger partial charge in [-0.05, 0) is 49.3 Å². The number of benzene rings is 1. The van der Waals surface area contributed by atoms with Crippen molar-refractivity contribution in [1.82, 2.24) is 4.72 Å². The maximum atomic E-state index is 12.3. The van der Waals surface area contributed by atoms with Crippen LogP contribution in [-0.4, -0.2) is 14.5 Å². The predicted octanol–water partition coefficient (Wildman–Crippen LogP) is 2.37. The second-order valence-corrected chi connectivity index (χ2v) is 7.52. The summed E-state index contributed by atoms with van der Waals surface area (Å²) in [6.45, 7) is 4.36. The zero-order valence-corrected chi connectivity index (χ0v) is 12.3. The van der Waals surface area contributed by atoms with Crippen molar-refractivity contribution in [2.24, 2.45) is 11.8 Å². The summed E-state index contributed by atoms with van der Waals surface area (Å²) < 4.78 is 27.4. The van der Waals surface area contributed by atoms with E-state index in [2.05, 4.69) is 18.6 Å². The van der Waals surface area contributed by atoms with Crippen molar-refractivity contribution in [2.75, 3.05) is 5.73 Å². The second kappa shape index (κ2) is 5.51. The molecule has 0 amide bonds. The minimum atomic E-state index is -3.46. The molecule has 0 heterocycles. The van der Waals surface area contributed by atoms with E-state index in [1.54, 1.807) is 18.2 Å². The first-order valence-electron chi connectivity index (χ1n) is 6.74. The van der Waals surface area contributed by atoms with Gasteiger partial charge < -0.3 is 5.73 Å². The molecule has 106 valence electrons. The third-order valence-electron chi connectivity index (χ3n) is 3.67. The Morgan fingerprint density at radius 3 is 2.37 bits per heavy atom. The van der Waals surface area contributed by atoms with Gasteiger partial charge in [-0.3, -0.25) is 0 Å². The quantitative estimate of drug-likeness (QED) is 0.836. The molecule has 0 aromatic heterocycles. The van der Waals surface area contributed by atoms with Crippen molar-refractivity contribution < 1.29 is 8.42 Å².